The van der Waals surface area contributed by atoms with Gasteiger partial charge in [-0.2, -0.15) is 0 Å². The number of benzene rings is 1. The Balaban J connectivity index is 2.14. The van der Waals surface area contributed by atoms with E-state index < -0.39 is 5.91 Å². The van der Waals surface area contributed by atoms with Crippen LogP contribution in [0.1, 0.15) is 16.7 Å². The summed E-state index contributed by atoms with van der Waals surface area (Å²) in [6.07, 6.45) is 10.6. The van der Waals surface area contributed by atoms with Gasteiger partial charge in [0.1, 0.15) is 0 Å². The minimum atomic E-state index is -0.460. The number of allylic oxidation sites excluding steroid dienone is 2. The summed E-state index contributed by atoms with van der Waals surface area (Å²) in [7, 11) is 1.29. The van der Waals surface area contributed by atoms with Crippen molar-refractivity contribution in [1.29, 1.82) is 0 Å². The van der Waals surface area contributed by atoms with E-state index >= 15 is 0 Å². The van der Waals surface area contributed by atoms with Gasteiger partial charge in [0.25, 0.3) is 5.91 Å². The Hall–Kier alpha value is -2.59. The van der Waals surface area contributed by atoms with Crippen LogP contribution in [0, 0.1) is 13.8 Å². The second-order valence-electron chi connectivity index (χ2n) is 5.17. The third-order valence-electron chi connectivity index (χ3n) is 3.37. The van der Waals surface area contributed by atoms with Gasteiger partial charge in [0.05, 0.1) is 5.69 Å². The molecular formula is C18H20N2O2. The first-order chi connectivity index (χ1) is 10.5. The number of hydrogen-bond donors (Lipinski definition) is 1. The second-order valence-corrected chi connectivity index (χ2v) is 5.17. The summed E-state index contributed by atoms with van der Waals surface area (Å²) >= 11 is 0. The van der Waals surface area contributed by atoms with Crippen LogP contribution in [0.25, 0.3) is 11.8 Å². The van der Waals surface area contributed by atoms with Gasteiger partial charge in [-0.3, -0.25) is 10.0 Å². The van der Waals surface area contributed by atoms with Crippen molar-refractivity contribution in [2.45, 2.75) is 13.8 Å². The number of carbonyl (C=O) groups is 1. The molecule has 22 heavy (non-hydrogen) atoms. The lowest BCUT2D eigenvalue weighted by molar-refractivity contribution is -0.153. The summed E-state index contributed by atoms with van der Waals surface area (Å²) in [4.78, 5) is 11.2. The predicted octanol–water partition coefficient (Wildman–Crippen LogP) is 3.51. The van der Waals surface area contributed by atoms with Gasteiger partial charge in [0.2, 0.25) is 0 Å². The molecule has 0 spiro atoms. The summed E-state index contributed by atoms with van der Waals surface area (Å²) in [5, 5.41) is 9.47. The highest BCUT2D eigenvalue weighted by Crippen LogP contribution is 2.20. The van der Waals surface area contributed by atoms with E-state index in [4.69, 9.17) is 5.21 Å². The van der Waals surface area contributed by atoms with E-state index in [2.05, 4.69) is 36.6 Å². The average Bonchev–Trinajstić information content (AvgIpc) is 2.91. The van der Waals surface area contributed by atoms with Gasteiger partial charge < -0.3 is 4.57 Å². The number of rotatable bonds is 4. The Bertz CT molecular complexity index is 704. The molecule has 4 nitrogen and oxygen atoms in total. The first-order valence-corrected chi connectivity index (χ1v) is 7.05. The molecule has 114 valence electrons. The van der Waals surface area contributed by atoms with E-state index in [0.29, 0.717) is 5.06 Å². The topological polar surface area (TPSA) is 45.5 Å². The molecule has 2 aromatic rings. The average molecular weight is 296 g/mol. The van der Waals surface area contributed by atoms with Crippen molar-refractivity contribution in [1.82, 2.24) is 9.63 Å². The van der Waals surface area contributed by atoms with Crippen LogP contribution < -0.4 is 0 Å². The number of carbonyl (C=O) groups excluding carboxylic acids is 1. The Kier molecular flexibility index (Phi) is 4.96. The maximum Gasteiger partial charge on any atom is 0.269 e. The fourth-order valence-electron chi connectivity index (χ4n) is 2.28. The van der Waals surface area contributed by atoms with Crippen molar-refractivity contribution < 1.29 is 10.0 Å². The number of aromatic nitrogens is 1. The fraction of sp³-hybridized carbons (Fsp3) is 0.167. The van der Waals surface area contributed by atoms with Crippen molar-refractivity contribution in [3.8, 4) is 5.69 Å². The number of likely N-dealkylation sites (N-methyl/N-ethyl adjacent to an activating group) is 1. The van der Waals surface area contributed by atoms with E-state index in [-0.39, 0.29) is 0 Å². The molecule has 0 fully saturated rings. The summed E-state index contributed by atoms with van der Waals surface area (Å²) < 4.78 is 2.10. The Labute approximate surface area is 130 Å². The predicted molar refractivity (Wildman–Crippen MR) is 88.0 cm³/mol. The lowest BCUT2D eigenvalue weighted by Crippen LogP contribution is -2.19. The highest BCUT2D eigenvalue weighted by Gasteiger charge is 2.04. The molecular weight excluding hydrogens is 276 g/mol. The summed E-state index contributed by atoms with van der Waals surface area (Å²) in [5.41, 5.74) is 4.68. The largest absolute Gasteiger partial charge is 0.323 e. The highest BCUT2D eigenvalue weighted by molar-refractivity contribution is 5.86. The molecule has 0 aliphatic carbocycles. The lowest BCUT2D eigenvalue weighted by Gasteiger charge is -2.10. The van der Waals surface area contributed by atoms with Gasteiger partial charge >= 0.3 is 0 Å². The first kappa shape index (κ1) is 15.8. The maximum atomic E-state index is 11.2. The summed E-state index contributed by atoms with van der Waals surface area (Å²) in [6, 6.07) is 8.25. The van der Waals surface area contributed by atoms with Gasteiger partial charge in [0, 0.05) is 25.5 Å². The van der Waals surface area contributed by atoms with Crippen LogP contribution >= 0.6 is 0 Å². The highest BCUT2D eigenvalue weighted by atomic mass is 16.5. The van der Waals surface area contributed by atoms with Crippen molar-refractivity contribution in [2.75, 3.05) is 7.05 Å². The maximum absolute atomic E-state index is 11.2. The van der Waals surface area contributed by atoms with E-state index in [1.54, 1.807) is 12.2 Å². The summed E-state index contributed by atoms with van der Waals surface area (Å²) in [5.74, 6) is -0.460. The van der Waals surface area contributed by atoms with Gasteiger partial charge in [-0.05, 0) is 36.6 Å². The van der Waals surface area contributed by atoms with Crippen molar-refractivity contribution in [3.63, 3.8) is 0 Å². The van der Waals surface area contributed by atoms with Crippen LogP contribution in [0.15, 0.2) is 54.9 Å². The molecule has 4 heteroatoms. The first-order valence-electron chi connectivity index (χ1n) is 7.05. The minimum absolute atomic E-state index is 0.460. The number of nitrogens with zero attached hydrogens (tertiary/aromatic N) is 2. The zero-order valence-corrected chi connectivity index (χ0v) is 13.0. The second kappa shape index (κ2) is 6.91. The smallest absolute Gasteiger partial charge is 0.269 e. The van der Waals surface area contributed by atoms with Gasteiger partial charge in [0.15, 0.2) is 0 Å². The number of hydrogen-bond acceptors (Lipinski definition) is 2. The monoisotopic (exact) mass is 296 g/mol. The van der Waals surface area contributed by atoms with Crippen molar-refractivity contribution >= 4 is 12.0 Å². The van der Waals surface area contributed by atoms with Crippen molar-refractivity contribution in [3.05, 3.63) is 71.6 Å². The third kappa shape index (κ3) is 3.74. The van der Waals surface area contributed by atoms with Crippen molar-refractivity contribution in [2.24, 2.45) is 0 Å². The Morgan fingerprint density at radius 2 is 1.86 bits per heavy atom. The molecule has 1 heterocycles. The molecule has 1 N–H and O–H groups in total. The SMILES string of the molecule is Cc1cccc(C)c1-n1ccc(/C=C/C=C/C(=O)N(C)O)c1. The Morgan fingerprint density at radius 1 is 1.18 bits per heavy atom. The standard InChI is InChI=1S/C18H20N2O2/c1-14-7-6-8-15(2)18(14)20-12-11-16(13-20)9-4-5-10-17(21)19(3)22/h4-13,22H,1-3H3/b9-4+,10-5+. The normalized spacial score (nSPS) is 11.5. The van der Waals surface area contributed by atoms with Crippen LogP contribution in [0.3, 0.4) is 0 Å². The molecule has 1 aromatic carbocycles. The number of amides is 1. The van der Waals surface area contributed by atoms with Crippen LogP contribution in [0.5, 0.6) is 0 Å². The fourth-order valence-corrected chi connectivity index (χ4v) is 2.28. The van der Waals surface area contributed by atoms with Gasteiger partial charge in [-0.1, -0.05) is 36.4 Å². The van der Waals surface area contributed by atoms with E-state index in [9.17, 15) is 4.79 Å². The molecule has 0 aliphatic heterocycles. The van der Waals surface area contributed by atoms with E-state index in [1.807, 2.05) is 24.5 Å². The third-order valence-corrected chi connectivity index (χ3v) is 3.37. The van der Waals surface area contributed by atoms with E-state index in [0.717, 1.165) is 5.56 Å². The number of hydroxylamine groups is 2. The summed E-state index contributed by atoms with van der Waals surface area (Å²) in [6.45, 7) is 4.19. The quantitative estimate of drug-likeness (QED) is 0.406. The molecule has 1 amide bonds. The molecule has 0 bridgehead atoms. The Morgan fingerprint density at radius 3 is 2.50 bits per heavy atom. The van der Waals surface area contributed by atoms with E-state index in [1.165, 1.54) is 29.9 Å². The molecule has 1 aromatic heterocycles. The number of para-hydroxylation sites is 1. The lowest BCUT2D eigenvalue weighted by atomic mass is 10.1. The van der Waals surface area contributed by atoms with Gasteiger partial charge in [-0.15, -0.1) is 0 Å². The molecule has 0 saturated heterocycles. The van der Waals surface area contributed by atoms with Crippen LogP contribution in [-0.2, 0) is 4.79 Å². The zero-order chi connectivity index (χ0) is 16.1. The van der Waals surface area contributed by atoms with Crippen LogP contribution in [0.4, 0.5) is 0 Å². The van der Waals surface area contributed by atoms with Crippen LogP contribution in [-0.4, -0.2) is 27.8 Å². The molecule has 0 unspecified atom stereocenters. The van der Waals surface area contributed by atoms with Crippen LogP contribution in [0.2, 0.25) is 0 Å². The molecule has 0 saturated carbocycles. The molecule has 0 atom stereocenters. The minimum Gasteiger partial charge on any atom is -0.323 e. The zero-order valence-electron chi connectivity index (χ0n) is 13.0. The van der Waals surface area contributed by atoms with Gasteiger partial charge in [-0.25, -0.2) is 5.06 Å². The molecule has 0 aliphatic rings. The molecule has 0 radical (unpaired) electrons. The number of aryl methyl sites for hydroxylation is 2. The molecule has 2 rings (SSSR count).